The van der Waals surface area contributed by atoms with Gasteiger partial charge in [-0.05, 0) is 42.3 Å². The van der Waals surface area contributed by atoms with Crippen LogP contribution in [0.3, 0.4) is 0 Å². The Morgan fingerprint density at radius 1 is 1.24 bits per heavy atom. The SMILES string of the molecule is NC(=O)COc1ccc(C(=O)NC2CCSc3c(F)cccc32)cc1. The van der Waals surface area contributed by atoms with E-state index in [1.54, 1.807) is 30.3 Å². The van der Waals surface area contributed by atoms with Crippen LogP contribution in [-0.2, 0) is 4.79 Å². The fourth-order valence-electron chi connectivity index (χ4n) is 2.64. The van der Waals surface area contributed by atoms with E-state index in [1.807, 2.05) is 6.07 Å². The highest BCUT2D eigenvalue weighted by Gasteiger charge is 2.24. The van der Waals surface area contributed by atoms with Crippen LogP contribution in [0, 0.1) is 5.82 Å². The van der Waals surface area contributed by atoms with E-state index in [0.29, 0.717) is 16.2 Å². The molecule has 0 saturated carbocycles. The molecule has 1 atom stereocenters. The molecule has 3 N–H and O–H groups in total. The van der Waals surface area contributed by atoms with Crippen LogP contribution < -0.4 is 15.8 Å². The fraction of sp³-hybridized carbons (Fsp3) is 0.222. The van der Waals surface area contributed by atoms with Crippen molar-refractivity contribution in [2.75, 3.05) is 12.4 Å². The molecule has 0 bridgehead atoms. The molecule has 0 aliphatic carbocycles. The number of benzene rings is 2. The zero-order valence-electron chi connectivity index (χ0n) is 13.3. The van der Waals surface area contributed by atoms with Crippen molar-refractivity contribution >= 4 is 23.6 Å². The summed E-state index contributed by atoms with van der Waals surface area (Å²) < 4.78 is 19.1. The molecule has 25 heavy (non-hydrogen) atoms. The van der Waals surface area contributed by atoms with E-state index < -0.39 is 5.91 Å². The zero-order chi connectivity index (χ0) is 17.8. The molecule has 1 aliphatic rings. The predicted molar refractivity (Wildman–Crippen MR) is 93.1 cm³/mol. The number of carbonyl (C=O) groups excluding carboxylic acids is 2. The van der Waals surface area contributed by atoms with Gasteiger partial charge in [0.25, 0.3) is 11.8 Å². The molecule has 0 fully saturated rings. The number of carbonyl (C=O) groups is 2. The predicted octanol–water partition coefficient (Wildman–Crippen LogP) is 2.66. The normalized spacial score (nSPS) is 16.0. The third-order valence-corrected chi connectivity index (χ3v) is 4.99. The number of nitrogens with two attached hydrogens (primary N) is 1. The molecule has 130 valence electrons. The first kappa shape index (κ1) is 17.3. The van der Waals surface area contributed by atoms with Gasteiger partial charge in [-0.3, -0.25) is 9.59 Å². The lowest BCUT2D eigenvalue weighted by Gasteiger charge is -2.26. The molecule has 0 radical (unpaired) electrons. The third-order valence-electron chi connectivity index (χ3n) is 3.83. The van der Waals surface area contributed by atoms with Crippen molar-refractivity contribution in [1.82, 2.24) is 5.32 Å². The summed E-state index contributed by atoms with van der Waals surface area (Å²) in [5.41, 5.74) is 6.29. The summed E-state index contributed by atoms with van der Waals surface area (Å²) in [4.78, 5) is 23.8. The second kappa shape index (κ2) is 7.57. The Morgan fingerprint density at radius 2 is 2.00 bits per heavy atom. The summed E-state index contributed by atoms with van der Waals surface area (Å²) in [5.74, 6) is 0.143. The van der Waals surface area contributed by atoms with Crippen LogP contribution in [-0.4, -0.2) is 24.2 Å². The Bertz CT molecular complexity index is 795. The maximum Gasteiger partial charge on any atom is 0.255 e. The minimum absolute atomic E-state index is 0.215. The van der Waals surface area contributed by atoms with Gasteiger partial charge in [0.15, 0.2) is 6.61 Å². The van der Waals surface area contributed by atoms with E-state index in [2.05, 4.69) is 5.32 Å². The van der Waals surface area contributed by atoms with E-state index in [0.717, 1.165) is 17.7 Å². The van der Waals surface area contributed by atoms with E-state index in [1.165, 1.54) is 17.8 Å². The summed E-state index contributed by atoms with van der Waals surface area (Å²) in [5, 5.41) is 2.95. The second-order valence-electron chi connectivity index (χ2n) is 5.60. The van der Waals surface area contributed by atoms with Gasteiger partial charge in [-0.15, -0.1) is 11.8 Å². The van der Waals surface area contributed by atoms with Gasteiger partial charge in [0.2, 0.25) is 0 Å². The lowest BCUT2D eigenvalue weighted by molar-refractivity contribution is -0.119. The van der Waals surface area contributed by atoms with Gasteiger partial charge in [-0.2, -0.15) is 0 Å². The molecule has 1 unspecified atom stereocenters. The summed E-state index contributed by atoms with van der Waals surface area (Å²) in [6.45, 7) is -0.215. The Labute approximate surface area is 148 Å². The lowest BCUT2D eigenvalue weighted by atomic mass is 10.0. The smallest absolute Gasteiger partial charge is 0.255 e. The molecule has 1 aliphatic heterocycles. The highest BCUT2D eigenvalue weighted by atomic mass is 32.2. The highest BCUT2D eigenvalue weighted by Crippen LogP contribution is 2.37. The molecule has 0 aromatic heterocycles. The van der Waals surface area contributed by atoms with Crippen LogP contribution in [0.2, 0.25) is 0 Å². The van der Waals surface area contributed by atoms with Gasteiger partial charge in [0.05, 0.1) is 6.04 Å². The first-order valence-electron chi connectivity index (χ1n) is 7.78. The molecule has 2 amide bonds. The number of halogens is 1. The number of hydrogen-bond donors (Lipinski definition) is 2. The number of fused-ring (bicyclic) bond motifs is 1. The van der Waals surface area contributed by atoms with Crippen LogP contribution in [0.25, 0.3) is 0 Å². The van der Waals surface area contributed by atoms with Crippen LogP contribution in [0.5, 0.6) is 5.75 Å². The molecular weight excluding hydrogens is 343 g/mol. The van der Waals surface area contributed by atoms with E-state index >= 15 is 0 Å². The van der Waals surface area contributed by atoms with Crippen molar-refractivity contribution in [3.05, 3.63) is 59.4 Å². The van der Waals surface area contributed by atoms with Gasteiger partial charge < -0.3 is 15.8 Å². The van der Waals surface area contributed by atoms with Crippen molar-refractivity contribution < 1.29 is 18.7 Å². The topological polar surface area (TPSA) is 81.4 Å². The van der Waals surface area contributed by atoms with Crippen molar-refractivity contribution in [3.63, 3.8) is 0 Å². The molecule has 5 nitrogen and oxygen atoms in total. The molecule has 0 saturated heterocycles. The van der Waals surface area contributed by atoms with Crippen molar-refractivity contribution in [1.29, 1.82) is 0 Å². The molecule has 0 spiro atoms. The Hall–Kier alpha value is -2.54. The van der Waals surface area contributed by atoms with E-state index in [4.69, 9.17) is 10.5 Å². The standard InChI is InChI=1S/C18H17FN2O3S/c19-14-3-1-2-13-15(8-9-25-17(13)14)21-18(23)11-4-6-12(7-5-11)24-10-16(20)22/h1-7,15H,8-10H2,(H2,20,22)(H,21,23). The van der Waals surface area contributed by atoms with Crippen molar-refractivity contribution in [2.45, 2.75) is 17.4 Å². The van der Waals surface area contributed by atoms with E-state index in [9.17, 15) is 14.0 Å². The summed E-state index contributed by atoms with van der Waals surface area (Å²) >= 11 is 1.47. The van der Waals surface area contributed by atoms with Crippen molar-refractivity contribution in [2.24, 2.45) is 5.73 Å². The van der Waals surface area contributed by atoms with Gasteiger partial charge in [-0.25, -0.2) is 4.39 Å². The maximum absolute atomic E-state index is 13.9. The number of rotatable bonds is 5. The van der Waals surface area contributed by atoms with Crippen LogP contribution in [0.1, 0.15) is 28.4 Å². The van der Waals surface area contributed by atoms with Gasteiger partial charge >= 0.3 is 0 Å². The first-order chi connectivity index (χ1) is 12.0. The Kier molecular flexibility index (Phi) is 5.23. The fourth-order valence-corrected chi connectivity index (χ4v) is 3.78. The molecule has 2 aromatic carbocycles. The van der Waals surface area contributed by atoms with Gasteiger partial charge in [0.1, 0.15) is 11.6 Å². The summed E-state index contributed by atoms with van der Waals surface area (Å²) in [6.07, 6.45) is 0.743. The minimum atomic E-state index is -0.567. The van der Waals surface area contributed by atoms with Crippen molar-refractivity contribution in [3.8, 4) is 5.75 Å². The lowest BCUT2D eigenvalue weighted by Crippen LogP contribution is -2.30. The molecule has 1 heterocycles. The monoisotopic (exact) mass is 360 g/mol. The maximum atomic E-state index is 13.9. The third kappa shape index (κ3) is 4.11. The summed E-state index contributed by atoms with van der Waals surface area (Å²) in [7, 11) is 0. The molecule has 2 aromatic rings. The highest BCUT2D eigenvalue weighted by molar-refractivity contribution is 7.99. The molecule has 7 heteroatoms. The van der Waals surface area contributed by atoms with Gasteiger partial charge in [0, 0.05) is 16.2 Å². The number of hydrogen-bond acceptors (Lipinski definition) is 4. The first-order valence-corrected chi connectivity index (χ1v) is 8.76. The Balaban J connectivity index is 1.69. The zero-order valence-corrected chi connectivity index (χ0v) is 14.1. The number of thioether (sulfide) groups is 1. The van der Waals surface area contributed by atoms with Crippen LogP contribution >= 0.6 is 11.8 Å². The Morgan fingerprint density at radius 3 is 2.72 bits per heavy atom. The van der Waals surface area contributed by atoms with Crippen LogP contribution in [0.15, 0.2) is 47.4 Å². The van der Waals surface area contributed by atoms with Crippen LogP contribution in [0.4, 0.5) is 4.39 Å². The number of amides is 2. The largest absolute Gasteiger partial charge is 0.484 e. The van der Waals surface area contributed by atoms with Gasteiger partial charge in [-0.1, -0.05) is 12.1 Å². The average molecular weight is 360 g/mol. The second-order valence-corrected chi connectivity index (χ2v) is 6.71. The quantitative estimate of drug-likeness (QED) is 0.859. The number of ether oxygens (including phenoxy) is 1. The number of nitrogens with one attached hydrogen (secondary N) is 1. The average Bonchev–Trinajstić information content (AvgIpc) is 2.61. The number of primary amides is 1. The molecular formula is C18H17FN2O3S. The minimum Gasteiger partial charge on any atom is -0.484 e. The molecule has 3 rings (SSSR count). The summed E-state index contributed by atoms with van der Waals surface area (Å²) in [6, 6.07) is 11.1. The van der Waals surface area contributed by atoms with E-state index in [-0.39, 0.29) is 24.4 Å².